The summed E-state index contributed by atoms with van der Waals surface area (Å²) in [4.78, 5) is 2.18. The summed E-state index contributed by atoms with van der Waals surface area (Å²) >= 11 is 0. The third-order valence-electron chi connectivity index (χ3n) is 3.43. The normalized spacial score (nSPS) is 18.6. The van der Waals surface area contributed by atoms with Gasteiger partial charge in [-0.15, -0.1) is 0 Å². The van der Waals surface area contributed by atoms with Gasteiger partial charge in [0.15, 0.2) is 0 Å². The number of rotatable bonds is 11. The molecule has 1 aliphatic heterocycles. The van der Waals surface area contributed by atoms with Gasteiger partial charge in [0.05, 0.1) is 13.2 Å². The van der Waals surface area contributed by atoms with Crippen LogP contribution >= 0.6 is 7.82 Å². The van der Waals surface area contributed by atoms with Gasteiger partial charge in [0.1, 0.15) is 6.23 Å². The Kier molecular flexibility index (Phi) is 8.98. The molecule has 1 unspecified atom stereocenters. The van der Waals surface area contributed by atoms with Crippen LogP contribution in [-0.2, 0) is 18.1 Å². The summed E-state index contributed by atoms with van der Waals surface area (Å²) in [6, 6.07) is 0. The predicted octanol–water partition coefficient (Wildman–Crippen LogP) is 4.19. The average Bonchev–Trinajstić information content (AvgIpc) is 2.93. The summed E-state index contributed by atoms with van der Waals surface area (Å²) in [5, 5.41) is 0. The molecule has 1 aliphatic rings. The largest absolute Gasteiger partial charge is 0.476 e. The molecule has 0 spiro atoms. The Labute approximate surface area is 123 Å². The molecule has 1 rings (SSSR count). The van der Waals surface area contributed by atoms with Gasteiger partial charge in [-0.2, -0.15) is 0 Å². The molecule has 1 heterocycles. The van der Waals surface area contributed by atoms with Gasteiger partial charge in [-0.25, -0.2) is 4.57 Å². The van der Waals surface area contributed by atoms with E-state index in [-0.39, 0.29) is 6.23 Å². The van der Waals surface area contributed by atoms with Gasteiger partial charge in [0.2, 0.25) is 0 Å². The molecule has 1 atom stereocenters. The van der Waals surface area contributed by atoms with Crippen molar-refractivity contribution >= 4 is 7.82 Å². The first kappa shape index (κ1) is 18.1. The standard InChI is InChI=1S/C14H30NO4P/c1-4-6-12-17-20(16,18-13-7-5-2)19-14(3)15-10-8-9-11-15/h14H,4-13H2,1-3H3. The first-order valence-corrected chi connectivity index (χ1v) is 9.39. The molecule has 5 nitrogen and oxygen atoms in total. The lowest BCUT2D eigenvalue weighted by molar-refractivity contribution is 0.00923. The van der Waals surface area contributed by atoms with Crippen molar-refractivity contribution in [1.82, 2.24) is 4.90 Å². The van der Waals surface area contributed by atoms with E-state index < -0.39 is 7.82 Å². The van der Waals surface area contributed by atoms with E-state index in [0.29, 0.717) is 13.2 Å². The molecule has 0 aromatic carbocycles. The minimum absolute atomic E-state index is 0.216. The van der Waals surface area contributed by atoms with Crippen LogP contribution in [0, 0.1) is 0 Å². The SMILES string of the molecule is CCCCOP(=O)(OCCCC)OC(C)N1CCCC1. The highest BCUT2D eigenvalue weighted by Gasteiger charge is 2.32. The molecule has 20 heavy (non-hydrogen) atoms. The van der Waals surface area contributed by atoms with Crippen molar-refractivity contribution in [3.8, 4) is 0 Å². The molecule has 0 bridgehead atoms. The first-order valence-electron chi connectivity index (χ1n) is 7.93. The van der Waals surface area contributed by atoms with Gasteiger partial charge in [0.25, 0.3) is 0 Å². The molecule has 0 aliphatic carbocycles. The van der Waals surface area contributed by atoms with Crippen LogP contribution in [0.4, 0.5) is 0 Å². The molecule has 120 valence electrons. The lowest BCUT2D eigenvalue weighted by Gasteiger charge is -2.27. The number of hydrogen-bond donors (Lipinski definition) is 0. The van der Waals surface area contributed by atoms with E-state index in [1.165, 1.54) is 12.8 Å². The zero-order valence-corrected chi connectivity index (χ0v) is 14.1. The Hall–Kier alpha value is 0.0700. The second-order valence-corrected chi connectivity index (χ2v) is 6.89. The lowest BCUT2D eigenvalue weighted by Crippen LogP contribution is -2.32. The molecular weight excluding hydrogens is 277 g/mol. The highest BCUT2D eigenvalue weighted by Crippen LogP contribution is 2.51. The third kappa shape index (κ3) is 6.68. The highest BCUT2D eigenvalue weighted by molar-refractivity contribution is 7.48. The molecule has 0 radical (unpaired) electrons. The quantitative estimate of drug-likeness (QED) is 0.423. The van der Waals surface area contributed by atoms with Gasteiger partial charge >= 0.3 is 7.82 Å². The fraction of sp³-hybridized carbons (Fsp3) is 1.00. The Morgan fingerprint density at radius 3 is 2.00 bits per heavy atom. The van der Waals surface area contributed by atoms with Crippen LogP contribution in [0.15, 0.2) is 0 Å². The topological polar surface area (TPSA) is 48.0 Å². The first-order chi connectivity index (χ1) is 9.61. The van der Waals surface area contributed by atoms with Crippen molar-refractivity contribution in [1.29, 1.82) is 0 Å². The average molecular weight is 307 g/mol. The van der Waals surface area contributed by atoms with E-state index >= 15 is 0 Å². The summed E-state index contributed by atoms with van der Waals surface area (Å²) < 4.78 is 29.2. The highest BCUT2D eigenvalue weighted by atomic mass is 31.2. The molecule has 0 N–H and O–H groups in total. The molecule has 0 aromatic heterocycles. The van der Waals surface area contributed by atoms with Crippen molar-refractivity contribution in [2.75, 3.05) is 26.3 Å². The number of unbranched alkanes of at least 4 members (excludes halogenated alkanes) is 2. The van der Waals surface area contributed by atoms with Crippen LogP contribution in [0.3, 0.4) is 0 Å². The van der Waals surface area contributed by atoms with Crippen LogP contribution in [-0.4, -0.2) is 37.4 Å². The summed E-state index contributed by atoms with van der Waals surface area (Å²) in [6.07, 6.45) is 5.85. The maximum Gasteiger partial charge on any atom is 0.476 e. The van der Waals surface area contributed by atoms with E-state index in [4.69, 9.17) is 13.6 Å². The monoisotopic (exact) mass is 307 g/mol. The summed E-state index contributed by atoms with van der Waals surface area (Å²) in [7, 11) is -3.43. The number of hydrogen-bond acceptors (Lipinski definition) is 5. The lowest BCUT2D eigenvalue weighted by atomic mass is 10.4. The molecule has 1 saturated heterocycles. The Morgan fingerprint density at radius 1 is 1.05 bits per heavy atom. The minimum atomic E-state index is -3.43. The van der Waals surface area contributed by atoms with Crippen LogP contribution in [0.1, 0.15) is 59.3 Å². The molecule has 6 heteroatoms. The molecule has 0 aromatic rings. The van der Waals surface area contributed by atoms with Gasteiger partial charge < -0.3 is 0 Å². The third-order valence-corrected chi connectivity index (χ3v) is 4.99. The van der Waals surface area contributed by atoms with Crippen LogP contribution in [0.5, 0.6) is 0 Å². The summed E-state index contributed by atoms with van der Waals surface area (Å²) in [6.45, 7) is 8.89. The van der Waals surface area contributed by atoms with Crippen molar-refractivity contribution in [3.05, 3.63) is 0 Å². The second-order valence-electron chi connectivity index (χ2n) is 5.27. The van der Waals surface area contributed by atoms with E-state index in [9.17, 15) is 4.57 Å². The predicted molar refractivity (Wildman–Crippen MR) is 80.7 cm³/mol. The summed E-state index contributed by atoms with van der Waals surface area (Å²) in [5.74, 6) is 0. The molecular formula is C14H30NO4P. The minimum Gasteiger partial charge on any atom is -0.287 e. The Balaban J connectivity index is 2.48. The smallest absolute Gasteiger partial charge is 0.287 e. The fourth-order valence-electron chi connectivity index (χ4n) is 2.10. The van der Waals surface area contributed by atoms with Crippen LogP contribution in [0.25, 0.3) is 0 Å². The van der Waals surface area contributed by atoms with E-state index in [2.05, 4.69) is 18.7 Å². The molecule has 1 fully saturated rings. The van der Waals surface area contributed by atoms with Gasteiger partial charge in [-0.1, -0.05) is 26.7 Å². The number of phosphoric acid groups is 1. The fourth-order valence-corrected chi connectivity index (χ4v) is 3.51. The maximum absolute atomic E-state index is 12.6. The Morgan fingerprint density at radius 2 is 1.55 bits per heavy atom. The van der Waals surface area contributed by atoms with Crippen molar-refractivity contribution in [2.45, 2.75) is 65.5 Å². The second kappa shape index (κ2) is 9.91. The van der Waals surface area contributed by atoms with E-state index in [1.807, 2.05) is 6.92 Å². The van der Waals surface area contributed by atoms with Gasteiger partial charge in [-0.3, -0.25) is 18.5 Å². The molecule has 0 saturated carbocycles. The zero-order chi connectivity index (χ0) is 14.8. The van der Waals surface area contributed by atoms with Crippen molar-refractivity contribution in [2.24, 2.45) is 0 Å². The van der Waals surface area contributed by atoms with Crippen LogP contribution in [0.2, 0.25) is 0 Å². The zero-order valence-electron chi connectivity index (χ0n) is 13.2. The number of nitrogens with zero attached hydrogens (tertiary/aromatic N) is 1. The van der Waals surface area contributed by atoms with E-state index in [1.54, 1.807) is 0 Å². The van der Waals surface area contributed by atoms with Crippen molar-refractivity contribution in [3.63, 3.8) is 0 Å². The molecule has 0 amide bonds. The Bertz CT molecular complexity index is 281. The van der Waals surface area contributed by atoms with Gasteiger partial charge in [0, 0.05) is 13.1 Å². The van der Waals surface area contributed by atoms with Gasteiger partial charge in [-0.05, 0) is 32.6 Å². The summed E-state index contributed by atoms with van der Waals surface area (Å²) in [5.41, 5.74) is 0. The number of phosphoric ester groups is 1. The number of likely N-dealkylation sites (tertiary alicyclic amines) is 1. The van der Waals surface area contributed by atoms with E-state index in [0.717, 1.165) is 38.8 Å². The van der Waals surface area contributed by atoms with Crippen molar-refractivity contribution < 1.29 is 18.1 Å². The maximum atomic E-state index is 12.6. The van der Waals surface area contributed by atoms with Crippen LogP contribution < -0.4 is 0 Å².